The highest BCUT2D eigenvalue weighted by molar-refractivity contribution is 4.89. The van der Waals surface area contributed by atoms with E-state index in [4.69, 9.17) is 4.74 Å². The van der Waals surface area contributed by atoms with E-state index >= 15 is 0 Å². The molecule has 0 spiro atoms. The molecule has 4 unspecified atom stereocenters. The number of ether oxygens (including phenoxy) is 1. The number of hydrogen-bond acceptors (Lipinski definition) is 3. The summed E-state index contributed by atoms with van der Waals surface area (Å²) in [6.45, 7) is 8.36. The number of morpholine rings is 1. The number of fused-ring (bicyclic) bond motifs is 1. The van der Waals surface area contributed by atoms with Crippen LogP contribution in [0.1, 0.15) is 45.4 Å². The maximum Gasteiger partial charge on any atom is 0.0730 e. The van der Waals surface area contributed by atoms with Crippen LogP contribution in [0.2, 0.25) is 0 Å². The quantitative estimate of drug-likeness (QED) is 0.845. The number of piperidine rings is 1. The highest BCUT2D eigenvalue weighted by Gasteiger charge is 2.35. The van der Waals surface area contributed by atoms with Gasteiger partial charge in [0.05, 0.1) is 12.7 Å². The molecule has 110 valence electrons. The SMILES string of the molecule is CC(CCN1CCOC2CCCC21)C1CCCNC1. The summed E-state index contributed by atoms with van der Waals surface area (Å²) in [4.78, 5) is 2.73. The molecule has 0 aromatic carbocycles. The normalized spacial score (nSPS) is 38.1. The smallest absolute Gasteiger partial charge is 0.0730 e. The summed E-state index contributed by atoms with van der Waals surface area (Å²) in [5, 5.41) is 3.56. The molecule has 1 aliphatic carbocycles. The van der Waals surface area contributed by atoms with Gasteiger partial charge in [-0.2, -0.15) is 0 Å². The van der Waals surface area contributed by atoms with Gasteiger partial charge in [-0.15, -0.1) is 0 Å². The Labute approximate surface area is 118 Å². The lowest BCUT2D eigenvalue weighted by molar-refractivity contribution is -0.0573. The van der Waals surface area contributed by atoms with E-state index in [1.807, 2.05) is 0 Å². The van der Waals surface area contributed by atoms with E-state index in [0.29, 0.717) is 6.10 Å². The van der Waals surface area contributed by atoms with E-state index in [2.05, 4.69) is 17.1 Å². The summed E-state index contributed by atoms with van der Waals surface area (Å²) in [5.74, 6) is 1.78. The molecule has 0 aromatic heterocycles. The first-order valence-corrected chi connectivity index (χ1v) is 8.41. The molecular formula is C16H30N2O. The van der Waals surface area contributed by atoms with Crippen LogP contribution in [0.25, 0.3) is 0 Å². The number of nitrogens with one attached hydrogen (secondary N) is 1. The Hall–Kier alpha value is -0.120. The van der Waals surface area contributed by atoms with Crippen LogP contribution in [-0.4, -0.2) is 49.8 Å². The van der Waals surface area contributed by atoms with E-state index in [1.165, 1.54) is 58.2 Å². The maximum absolute atomic E-state index is 5.90. The van der Waals surface area contributed by atoms with E-state index in [0.717, 1.165) is 31.0 Å². The first kappa shape index (κ1) is 13.8. The fraction of sp³-hybridized carbons (Fsp3) is 1.00. The zero-order valence-corrected chi connectivity index (χ0v) is 12.4. The van der Waals surface area contributed by atoms with Crippen LogP contribution in [0.15, 0.2) is 0 Å². The van der Waals surface area contributed by atoms with Crippen molar-refractivity contribution in [2.75, 3.05) is 32.8 Å². The zero-order chi connectivity index (χ0) is 13.1. The van der Waals surface area contributed by atoms with Gasteiger partial charge in [0.2, 0.25) is 0 Å². The maximum atomic E-state index is 5.90. The van der Waals surface area contributed by atoms with Crippen LogP contribution in [0.5, 0.6) is 0 Å². The van der Waals surface area contributed by atoms with Crippen LogP contribution in [0, 0.1) is 11.8 Å². The molecule has 3 heteroatoms. The molecule has 0 amide bonds. The average Bonchev–Trinajstić information content (AvgIpc) is 2.94. The van der Waals surface area contributed by atoms with Crippen molar-refractivity contribution in [2.24, 2.45) is 11.8 Å². The van der Waals surface area contributed by atoms with Crippen LogP contribution in [0.4, 0.5) is 0 Å². The molecule has 3 fully saturated rings. The third kappa shape index (κ3) is 3.32. The molecule has 3 nitrogen and oxygen atoms in total. The van der Waals surface area contributed by atoms with Crippen LogP contribution >= 0.6 is 0 Å². The van der Waals surface area contributed by atoms with Crippen molar-refractivity contribution >= 4 is 0 Å². The molecule has 1 saturated carbocycles. The van der Waals surface area contributed by atoms with Crippen LogP contribution < -0.4 is 5.32 Å². The highest BCUT2D eigenvalue weighted by Crippen LogP contribution is 2.30. The fourth-order valence-corrected chi connectivity index (χ4v) is 4.25. The molecule has 0 radical (unpaired) electrons. The van der Waals surface area contributed by atoms with Crippen molar-refractivity contribution in [2.45, 2.75) is 57.6 Å². The molecule has 2 aliphatic heterocycles. The van der Waals surface area contributed by atoms with Gasteiger partial charge in [-0.05, 0) is 70.0 Å². The van der Waals surface area contributed by atoms with Gasteiger partial charge < -0.3 is 10.1 Å². The summed E-state index contributed by atoms with van der Waals surface area (Å²) in [7, 11) is 0. The van der Waals surface area contributed by atoms with Gasteiger partial charge in [0.1, 0.15) is 0 Å². The largest absolute Gasteiger partial charge is 0.375 e. The minimum Gasteiger partial charge on any atom is -0.375 e. The van der Waals surface area contributed by atoms with E-state index in [9.17, 15) is 0 Å². The van der Waals surface area contributed by atoms with Gasteiger partial charge in [0.15, 0.2) is 0 Å². The highest BCUT2D eigenvalue weighted by atomic mass is 16.5. The molecule has 3 rings (SSSR count). The predicted molar refractivity (Wildman–Crippen MR) is 78.3 cm³/mol. The van der Waals surface area contributed by atoms with Gasteiger partial charge in [0.25, 0.3) is 0 Å². The minimum absolute atomic E-state index is 0.556. The Balaban J connectivity index is 1.45. The molecule has 4 atom stereocenters. The third-order valence-corrected chi connectivity index (χ3v) is 5.61. The van der Waals surface area contributed by atoms with Crippen LogP contribution in [-0.2, 0) is 4.74 Å². The molecule has 1 N–H and O–H groups in total. The first-order chi connectivity index (χ1) is 9.34. The van der Waals surface area contributed by atoms with Crippen molar-refractivity contribution in [1.82, 2.24) is 10.2 Å². The van der Waals surface area contributed by atoms with Crippen molar-refractivity contribution in [3.05, 3.63) is 0 Å². The first-order valence-electron chi connectivity index (χ1n) is 8.41. The van der Waals surface area contributed by atoms with Gasteiger partial charge in [-0.25, -0.2) is 0 Å². The molecule has 19 heavy (non-hydrogen) atoms. The number of rotatable bonds is 4. The predicted octanol–water partition coefficient (Wildman–Crippen LogP) is 2.27. The Kier molecular flexibility index (Phi) is 4.78. The van der Waals surface area contributed by atoms with Gasteiger partial charge in [-0.3, -0.25) is 4.90 Å². The summed E-state index contributed by atoms with van der Waals surface area (Å²) in [5.41, 5.74) is 0. The Morgan fingerprint density at radius 2 is 2.21 bits per heavy atom. The van der Waals surface area contributed by atoms with E-state index < -0.39 is 0 Å². The monoisotopic (exact) mass is 266 g/mol. The zero-order valence-electron chi connectivity index (χ0n) is 12.4. The topological polar surface area (TPSA) is 24.5 Å². The second-order valence-corrected chi connectivity index (χ2v) is 6.82. The van der Waals surface area contributed by atoms with Crippen molar-refractivity contribution in [1.29, 1.82) is 0 Å². The molecule has 3 aliphatic rings. The standard InChI is InChI=1S/C16H30N2O/c1-13(14-4-3-8-17-12-14)7-9-18-10-11-19-16-6-2-5-15(16)18/h13-17H,2-12H2,1H3. The summed E-state index contributed by atoms with van der Waals surface area (Å²) in [6.07, 6.45) is 8.76. The van der Waals surface area contributed by atoms with Crippen LogP contribution in [0.3, 0.4) is 0 Å². The van der Waals surface area contributed by atoms with Gasteiger partial charge in [0, 0.05) is 12.6 Å². The molecule has 0 aromatic rings. The summed E-state index contributed by atoms with van der Waals surface area (Å²) >= 11 is 0. The number of hydrogen-bond donors (Lipinski definition) is 1. The van der Waals surface area contributed by atoms with Gasteiger partial charge >= 0.3 is 0 Å². The van der Waals surface area contributed by atoms with Gasteiger partial charge in [-0.1, -0.05) is 6.92 Å². The second-order valence-electron chi connectivity index (χ2n) is 6.82. The lowest BCUT2D eigenvalue weighted by atomic mass is 9.85. The lowest BCUT2D eigenvalue weighted by Crippen LogP contribution is -2.49. The Morgan fingerprint density at radius 1 is 1.26 bits per heavy atom. The second kappa shape index (κ2) is 6.55. The Morgan fingerprint density at radius 3 is 3.05 bits per heavy atom. The lowest BCUT2D eigenvalue weighted by Gasteiger charge is -2.39. The molecular weight excluding hydrogens is 236 g/mol. The van der Waals surface area contributed by atoms with Crippen molar-refractivity contribution in [3.8, 4) is 0 Å². The molecule has 2 saturated heterocycles. The van der Waals surface area contributed by atoms with Crippen molar-refractivity contribution < 1.29 is 4.74 Å². The summed E-state index contributed by atoms with van der Waals surface area (Å²) in [6, 6.07) is 0.741. The molecule has 2 heterocycles. The Bertz CT molecular complexity index is 278. The summed E-state index contributed by atoms with van der Waals surface area (Å²) < 4.78 is 5.90. The van der Waals surface area contributed by atoms with Crippen molar-refractivity contribution in [3.63, 3.8) is 0 Å². The van der Waals surface area contributed by atoms with E-state index in [-0.39, 0.29) is 0 Å². The average molecular weight is 266 g/mol. The number of nitrogens with zero attached hydrogens (tertiary/aromatic N) is 1. The third-order valence-electron chi connectivity index (χ3n) is 5.61. The fourth-order valence-electron chi connectivity index (χ4n) is 4.25. The minimum atomic E-state index is 0.556. The molecule has 0 bridgehead atoms. The van der Waals surface area contributed by atoms with E-state index in [1.54, 1.807) is 0 Å².